The molecule has 0 bridgehead atoms. The molecule has 4 N–H and O–H groups in total. The van der Waals surface area contributed by atoms with Crippen LogP contribution in [0.3, 0.4) is 0 Å². The Labute approximate surface area is 226 Å². The highest BCUT2D eigenvalue weighted by Gasteiger charge is 2.19. The molecule has 0 saturated heterocycles. The van der Waals surface area contributed by atoms with Crippen molar-refractivity contribution in [1.82, 2.24) is 9.80 Å². The number of carbonyl (C=O) groups excluding carboxylic acids is 2. The summed E-state index contributed by atoms with van der Waals surface area (Å²) in [6.07, 6.45) is 0. The standard InChI is InChI=1S/C26H38N4O7S/c1-17-11-21(27-25(33)29(3)4)7-9-23(17)19(13-31)15-36-38(35)37-16-20(14-32)24-10-8-22(12-18(24)2)28-26(34)30(5)6/h7-12,19-20,31-32H,13-16H2,1-6H3,(H,27,33)(H,28,34). The molecule has 2 atom stereocenters. The van der Waals surface area contributed by atoms with E-state index in [1.165, 1.54) is 9.80 Å². The highest BCUT2D eigenvalue weighted by atomic mass is 32.2. The maximum atomic E-state index is 12.4. The van der Waals surface area contributed by atoms with Gasteiger partial charge in [-0.3, -0.25) is 8.37 Å². The van der Waals surface area contributed by atoms with Crippen molar-refractivity contribution < 1.29 is 32.4 Å². The predicted molar refractivity (Wildman–Crippen MR) is 147 cm³/mol. The second-order valence-electron chi connectivity index (χ2n) is 9.32. The van der Waals surface area contributed by atoms with Gasteiger partial charge in [0.1, 0.15) is 0 Å². The highest BCUT2D eigenvalue weighted by Crippen LogP contribution is 2.26. The van der Waals surface area contributed by atoms with Crippen molar-refractivity contribution in [2.45, 2.75) is 25.7 Å². The van der Waals surface area contributed by atoms with Crippen LogP contribution in [-0.2, 0) is 19.7 Å². The number of carbonyl (C=O) groups is 2. The fourth-order valence-corrected chi connectivity index (χ4v) is 4.30. The van der Waals surface area contributed by atoms with Gasteiger partial charge < -0.3 is 30.6 Å². The van der Waals surface area contributed by atoms with Crippen LogP contribution in [0.1, 0.15) is 34.1 Å². The number of aliphatic hydroxyl groups excluding tert-OH is 2. The third-order valence-electron chi connectivity index (χ3n) is 5.91. The Kier molecular flexibility index (Phi) is 12.1. The summed E-state index contributed by atoms with van der Waals surface area (Å²) in [4.78, 5) is 26.6. The topological polar surface area (TPSA) is 141 Å². The van der Waals surface area contributed by atoms with Crippen LogP contribution in [0.25, 0.3) is 0 Å². The molecule has 0 aliphatic heterocycles. The van der Waals surface area contributed by atoms with Crippen molar-refractivity contribution in [2.75, 3.05) is 65.3 Å². The van der Waals surface area contributed by atoms with Crippen molar-refractivity contribution in [3.05, 3.63) is 58.7 Å². The van der Waals surface area contributed by atoms with E-state index in [1.54, 1.807) is 64.6 Å². The minimum Gasteiger partial charge on any atom is -0.396 e. The van der Waals surface area contributed by atoms with E-state index in [9.17, 15) is 24.0 Å². The van der Waals surface area contributed by atoms with Gasteiger partial charge in [0.25, 0.3) is 0 Å². The van der Waals surface area contributed by atoms with Gasteiger partial charge in [-0.15, -0.1) is 0 Å². The maximum absolute atomic E-state index is 12.4. The van der Waals surface area contributed by atoms with Crippen molar-refractivity contribution in [2.24, 2.45) is 0 Å². The number of aliphatic hydroxyl groups is 2. The van der Waals surface area contributed by atoms with Crippen LogP contribution in [0.5, 0.6) is 0 Å². The van der Waals surface area contributed by atoms with E-state index < -0.39 is 23.2 Å². The minimum atomic E-state index is -2.11. The zero-order valence-corrected chi connectivity index (χ0v) is 23.5. The first-order valence-electron chi connectivity index (χ1n) is 12.0. The number of nitrogens with one attached hydrogen (secondary N) is 2. The lowest BCUT2D eigenvalue weighted by atomic mass is 9.96. The number of nitrogens with zero attached hydrogens (tertiary/aromatic N) is 2. The first kappa shape index (κ1) is 31.2. The summed E-state index contributed by atoms with van der Waals surface area (Å²) in [5.41, 5.74) is 4.48. The van der Waals surface area contributed by atoms with Gasteiger partial charge in [-0.05, 0) is 60.4 Å². The van der Waals surface area contributed by atoms with E-state index in [4.69, 9.17) is 8.37 Å². The fraction of sp³-hybridized carbons (Fsp3) is 0.462. The molecule has 2 unspecified atom stereocenters. The molecule has 2 aromatic rings. The Balaban J connectivity index is 1.95. The zero-order valence-electron chi connectivity index (χ0n) is 22.7. The lowest BCUT2D eigenvalue weighted by molar-refractivity contribution is 0.174. The van der Waals surface area contributed by atoms with Crippen molar-refractivity contribution in [3.63, 3.8) is 0 Å². The fourth-order valence-electron chi connectivity index (χ4n) is 3.68. The molecule has 2 rings (SSSR count). The third-order valence-corrected chi connectivity index (χ3v) is 6.56. The molecule has 0 spiro atoms. The summed E-state index contributed by atoms with van der Waals surface area (Å²) in [5, 5.41) is 25.3. The Morgan fingerprint density at radius 2 is 1.16 bits per heavy atom. The van der Waals surface area contributed by atoms with Crippen LogP contribution >= 0.6 is 0 Å². The van der Waals surface area contributed by atoms with Crippen LogP contribution < -0.4 is 10.6 Å². The first-order chi connectivity index (χ1) is 18.0. The SMILES string of the molecule is Cc1cc(NC(=O)N(C)C)ccc1C(CO)COS(=O)OCC(CO)c1ccc(NC(=O)N(C)C)cc1C. The highest BCUT2D eigenvalue weighted by molar-refractivity contribution is 7.75. The van der Waals surface area contributed by atoms with E-state index in [1.807, 2.05) is 13.8 Å². The van der Waals surface area contributed by atoms with Gasteiger partial charge in [0.2, 0.25) is 0 Å². The number of hydrogen-bond acceptors (Lipinski definition) is 7. The molecule has 210 valence electrons. The average Bonchev–Trinajstić information content (AvgIpc) is 2.86. The van der Waals surface area contributed by atoms with Gasteiger partial charge in [-0.1, -0.05) is 12.1 Å². The van der Waals surface area contributed by atoms with Gasteiger partial charge in [-0.2, -0.15) is 4.21 Å². The number of benzene rings is 2. The van der Waals surface area contributed by atoms with Crippen LogP contribution in [0.4, 0.5) is 21.0 Å². The molecule has 2 aromatic carbocycles. The monoisotopic (exact) mass is 550 g/mol. The largest absolute Gasteiger partial charge is 0.396 e. The van der Waals surface area contributed by atoms with E-state index in [-0.39, 0.29) is 38.5 Å². The number of hydrogen-bond donors (Lipinski definition) is 4. The normalized spacial score (nSPS) is 13.4. The predicted octanol–water partition coefficient (Wildman–Crippen LogP) is 2.95. The maximum Gasteiger partial charge on any atom is 0.321 e. The molecule has 0 aliphatic carbocycles. The van der Waals surface area contributed by atoms with Gasteiger partial charge in [0.15, 0.2) is 0 Å². The molecular formula is C26H38N4O7S. The number of rotatable bonds is 12. The second-order valence-corrected chi connectivity index (χ2v) is 10.2. The molecular weight excluding hydrogens is 512 g/mol. The van der Waals surface area contributed by atoms with Crippen LogP contribution in [0, 0.1) is 13.8 Å². The molecule has 0 radical (unpaired) electrons. The summed E-state index contributed by atoms with van der Waals surface area (Å²) < 4.78 is 23.1. The van der Waals surface area contributed by atoms with Gasteiger partial charge in [0, 0.05) is 51.4 Å². The molecule has 11 nitrogen and oxygen atoms in total. The van der Waals surface area contributed by atoms with Crippen molar-refractivity contribution >= 4 is 34.8 Å². The number of aryl methyl sites for hydroxylation is 2. The van der Waals surface area contributed by atoms with Crippen LogP contribution in [0.2, 0.25) is 0 Å². The average molecular weight is 551 g/mol. The Morgan fingerprint density at radius 3 is 1.45 bits per heavy atom. The summed E-state index contributed by atoms with van der Waals surface area (Å²) in [6, 6.07) is 10.1. The van der Waals surface area contributed by atoms with Crippen molar-refractivity contribution in [1.29, 1.82) is 0 Å². The second kappa shape index (κ2) is 14.8. The van der Waals surface area contributed by atoms with E-state index in [2.05, 4.69) is 10.6 Å². The molecule has 12 heteroatoms. The zero-order chi connectivity index (χ0) is 28.4. The summed E-state index contributed by atoms with van der Waals surface area (Å²) in [6.45, 7) is 3.10. The smallest absolute Gasteiger partial charge is 0.321 e. The Morgan fingerprint density at radius 1 is 0.789 bits per heavy atom. The number of anilines is 2. The third kappa shape index (κ3) is 9.07. The molecule has 0 saturated carbocycles. The number of amides is 4. The lowest BCUT2D eigenvalue weighted by Gasteiger charge is -2.20. The lowest BCUT2D eigenvalue weighted by Crippen LogP contribution is -2.27. The molecule has 0 aliphatic rings. The summed E-state index contributed by atoms with van der Waals surface area (Å²) in [7, 11) is 6.58. The van der Waals surface area contributed by atoms with Crippen LogP contribution in [0.15, 0.2) is 36.4 Å². The van der Waals surface area contributed by atoms with E-state index >= 15 is 0 Å². The quantitative estimate of drug-likeness (QED) is 0.318. The van der Waals surface area contributed by atoms with Gasteiger partial charge >= 0.3 is 23.4 Å². The van der Waals surface area contributed by atoms with Crippen LogP contribution in [-0.4, -0.2) is 90.9 Å². The molecule has 0 fully saturated rings. The number of urea groups is 2. The van der Waals surface area contributed by atoms with E-state index in [0.717, 1.165) is 22.3 Å². The summed E-state index contributed by atoms with van der Waals surface area (Å²) >= 11 is -2.11. The van der Waals surface area contributed by atoms with Gasteiger partial charge in [0.05, 0.1) is 26.4 Å². The van der Waals surface area contributed by atoms with E-state index in [0.29, 0.717) is 11.4 Å². The molecule has 38 heavy (non-hydrogen) atoms. The van der Waals surface area contributed by atoms with Crippen molar-refractivity contribution in [3.8, 4) is 0 Å². The molecule has 0 aromatic heterocycles. The van der Waals surface area contributed by atoms with Gasteiger partial charge in [-0.25, -0.2) is 9.59 Å². The first-order valence-corrected chi connectivity index (χ1v) is 13.0. The molecule has 4 amide bonds. The Bertz CT molecular complexity index is 1040. The molecule has 0 heterocycles. The Hall–Kier alpha value is -3.03. The summed E-state index contributed by atoms with van der Waals surface area (Å²) in [5.74, 6) is -0.913. The minimum absolute atomic E-state index is 0.0591.